The van der Waals surface area contributed by atoms with Crippen molar-refractivity contribution in [1.29, 1.82) is 0 Å². The third-order valence-corrected chi connectivity index (χ3v) is 5.79. The standard InChI is InChI=1S/C20H29NO2/c1-13(2)21(14(3)4)19(22)17-7-5-6-8-18(17)20(23)12-15-9-10-16(20)11-15/h5-8,13-16,23H,9-12H2,1-4H3/t15-,16+,20?/m1/s1. The molecule has 1 amide bonds. The van der Waals surface area contributed by atoms with E-state index in [1.807, 2.05) is 56.9 Å². The molecule has 0 aliphatic heterocycles. The average molecular weight is 315 g/mol. The zero-order valence-electron chi connectivity index (χ0n) is 14.7. The van der Waals surface area contributed by atoms with Crippen molar-refractivity contribution in [3.8, 4) is 0 Å². The summed E-state index contributed by atoms with van der Waals surface area (Å²) in [6.07, 6.45) is 4.23. The summed E-state index contributed by atoms with van der Waals surface area (Å²) in [5.74, 6) is 0.981. The quantitative estimate of drug-likeness (QED) is 0.914. The summed E-state index contributed by atoms with van der Waals surface area (Å²) in [6, 6.07) is 8.00. The Morgan fingerprint density at radius 2 is 1.83 bits per heavy atom. The second kappa shape index (κ2) is 5.94. The molecular formula is C20H29NO2. The predicted molar refractivity (Wildman–Crippen MR) is 92.2 cm³/mol. The molecule has 1 N–H and O–H groups in total. The molecule has 2 saturated carbocycles. The van der Waals surface area contributed by atoms with Gasteiger partial charge in [-0.3, -0.25) is 4.79 Å². The molecule has 0 radical (unpaired) electrons. The van der Waals surface area contributed by atoms with Crippen molar-refractivity contribution in [3.63, 3.8) is 0 Å². The van der Waals surface area contributed by atoms with E-state index in [0.717, 1.165) is 24.8 Å². The van der Waals surface area contributed by atoms with Crippen LogP contribution in [0.5, 0.6) is 0 Å². The van der Waals surface area contributed by atoms with Crippen LogP contribution in [0.3, 0.4) is 0 Å². The van der Waals surface area contributed by atoms with Gasteiger partial charge in [-0.1, -0.05) is 18.2 Å². The third-order valence-electron chi connectivity index (χ3n) is 5.79. The zero-order valence-corrected chi connectivity index (χ0v) is 14.7. The second-order valence-corrected chi connectivity index (χ2v) is 7.95. The third kappa shape index (κ3) is 2.69. The van der Waals surface area contributed by atoms with E-state index in [1.165, 1.54) is 6.42 Å². The van der Waals surface area contributed by atoms with Gasteiger partial charge in [0.05, 0.1) is 5.60 Å². The number of benzene rings is 1. The van der Waals surface area contributed by atoms with Crippen LogP contribution < -0.4 is 0 Å². The molecule has 1 unspecified atom stereocenters. The van der Waals surface area contributed by atoms with Crippen LogP contribution in [0, 0.1) is 11.8 Å². The smallest absolute Gasteiger partial charge is 0.254 e. The van der Waals surface area contributed by atoms with Crippen molar-refractivity contribution in [2.75, 3.05) is 0 Å². The molecule has 2 bridgehead atoms. The highest BCUT2D eigenvalue weighted by Crippen LogP contribution is 2.56. The first-order valence-corrected chi connectivity index (χ1v) is 8.99. The lowest BCUT2D eigenvalue weighted by atomic mass is 9.77. The fourth-order valence-electron chi connectivity index (χ4n) is 4.88. The summed E-state index contributed by atoms with van der Waals surface area (Å²) < 4.78 is 0. The van der Waals surface area contributed by atoms with Crippen molar-refractivity contribution >= 4 is 5.91 Å². The van der Waals surface area contributed by atoms with E-state index in [0.29, 0.717) is 17.4 Å². The van der Waals surface area contributed by atoms with Crippen molar-refractivity contribution in [3.05, 3.63) is 35.4 Å². The highest BCUT2D eigenvalue weighted by atomic mass is 16.3. The van der Waals surface area contributed by atoms with Crippen LogP contribution in [-0.2, 0) is 5.60 Å². The molecule has 3 atom stereocenters. The fourth-order valence-corrected chi connectivity index (χ4v) is 4.88. The molecule has 126 valence electrons. The number of amides is 1. The van der Waals surface area contributed by atoms with Gasteiger partial charge in [0.25, 0.3) is 5.91 Å². The van der Waals surface area contributed by atoms with Gasteiger partial charge in [-0.2, -0.15) is 0 Å². The van der Waals surface area contributed by atoms with Gasteiger partial charge in [0.2, 0.25) is 0 Å². The van der Waals surface area contributed by atoms with Gasteiger partial charge in [0.15, 0.2) is 0 Å². The second-order valence-electron chi connectivity index (χ2n) is 7.95. The number of hydrogen-bond acceptors (Lipinski definition) is 2. The predicted octanol–water partition coefficient (Wildman–Crippen LogP) is 3.95. The number of nitrogens with zero attached hydrogens (tertiary/aromatic N) is 1. The van der Waals surface area contributed by atoms with Gasteiger partial charge in [-0.05, 0) is 76.8 Å². The van der Waals surface area contributed by atoms with Crippen LogP contribution >= 0.6 is 0 Å². The Morgan fingerprint density at radius 3 is 2.35 bits per heavy atom. The normalized spacial score (nSPS) is 29.5. The first-order chi connectivity index (χ1) is 10.8. The summed E-state index contributed by atoms with van der Waals surface area (Å²) in [7, 11) is 0. The molecule has 23 heavy (non-hydrogen) atoms. The van der Waals surface area contributed by atoms with Crippen LogP contribution in [0.2, 0.25) is 0 Å². The summed E-state index contributed by atoms with van der Waals surface area (Å²) in [4.78, 5) is 15.1. The molecule has 3 heteroatoms. The van der Waals surface area contributed by atoms with Crippen molar-refractivity contribution < 1.29 is 9.90 Å². The minimum Gasteiger partial charge on any atom is -0.385 e. The molecule has 2 fully saturated rings. The Bertz CT molecular complexity index is 587. The van der Waals surface area contributed by atoms with Gasteiger partial charge in [-0.25, -0.2) is 0 Å². The highest BCUT2D eigenvalue weighted by molar-refractivity contribution is 5.96. The minimum atomic E-state index is -0.811. The van der Waals surface area contributed by atoms with Gasteiger partial charge < -0.3 is 10.0 Å². The Kier molecular flexibility index (Phi) is 4.26. The lowest BCUT2D eigenvalue weighted by molar-refractivity contribution is -0.0193. The summed E-state index contributed by atoms with van der Waals surface area (Å²) in [5.41, 5.74) is 0.725. The molecule has 0 heterocycles. The zero-order chi connectivity index (χ0) is 16.8. The van der Waals surface area contributed by atoms with E-state index in [2.05, 4.69) is 0 Å². The Morgan fingerprint density at radius 1 is 1.17 bits per heavy atom. The molecule has 3 rings (SSSR count). The molecule has 2 aliphatic rings. The SMILES string of the molecule is CC(C)N(C(=O)c1ccccc1C1(O)C[C@@H]2CC[C@H]1C2)C(C)C. The van der Waals surface area contributed by atoms with Crippen LogP contribution in [0.15, 0.2) is 24.3 Å². The van der Waals surface area contributed by atoms with Crippen LogP contribution in [0.25, 0.3) is 0 Å². The Labute approximate surface area is 139 Å². The molecule has 0 aromatic heterocycles. The summed E-state index contributed by atoms with van der Waals surface area (Å²) in [5, 5.41) is 11.4. The van der Waals surface area contributed by atoms with Gasteiger partial charge in [0.1, 0.15) is 0 Å². The first-order valence-electron chi connectivity index (χ1n) is 8.99. The average Bonchev–Trinajstić information content (AvgIpc) is 3.07. The topological polar surface area (TPSA) is 40.5 Å². The first kappa shape index (κ1) is 16.5. The van der Waals surface area contributed by atoms with Gasteiger partial charge in [0, 0.05) is 17.6 Å². The number of hydrogen-bond donors (Lipinski definition) is 1. The van der Waals surface area contributed by atoms with Crippen LogP contribution in [-0.4, -0.2) is 28.0 Å². The minimum absolute atomic E-state index is 0.0433. The maximum absolute atomic E-state index is 13.2. The van der Waals surface area contributed by atoms with Gasteiger partial charge in [-0.15, -0.1) is 0 Å². The van der Waals surface area contributed by atoms with E-state index >= 15 is 0 Å². The molecule has 3 nitrogen and oxygen atoms in total. The Hall–Kier alpha value is -1.35. The van der Waals surface area contributed by atoms with Crippen LogP contribution in [0.1, 0.15) is 69.3 Å². The lowest BCUT2D eigenvalue weighted by Gasteiger charge is -2.36. The maximum Gasteiger partial charge on any atom is 0.254 e. The summed E-state index contributed by atoms with van der Waals surface area (Å²) >= 11 is 0. The Balaban J connectivity index is 2.00. The number of aliphatic hydroxyl groups is 1. The lowest BCUT2D eigenvalue weighted by Crippen LogP contribution is -2.43. The molecular weight excluding hydrogens is 286 g/mol. The van der Waals surface area contributed by atoms with Crippen molar-refractivity contribution in [1.82, 2.24) is 4.90 Å². The van der Waals surface area contributed by atoms with E-state index in [1.54, 1.807) is 0 Å². The molecule has 1 aromatic carbocycles. The number of rotatable bonds is 4. The highest BCUT2D eigenvalue weighted by Gasteiger charge is 2.52. The molecule has 0 saturated heterocycles. The van der Waals surface area contributed by atoms with Gasteiger partial charge >= 0.3 is 0 Å². The van der Waals surface area contributed by atoms with E-state index in [4.69, 9.17) is 0 Å². The van der Waals surface area contributed by atoms with E-state index < -0.39 is 5.60 Å². The number of carbonyl (C=O) groups excluding carboxylic acids is 1. The van der Waals surface area contributed by atoms with Crippen LogP contribution in [0.4, 0.5) is 0 Å². The van der Waals surface area contributed by atoms with Crippen molar-refractivity contribution in [2.45, 2.75) is 71.1 Å². The molecule has 1 aromatic rings. The number of carbonyl (C=O) groups is 1. The van der Waals surface area contributed by atoms with E-state index in [9.17, 15) is 9.90 Å². The number of fused-ring (bicyclic) bond motifs is 2. The van der Waals surface area contributed by atoms with Crippen molar-refractivity contribution in [2.24, 2.45) is 11.8 Å². The van der Waals surface area contributed by atoms with E-state index in [-0.39, 0.29) is 18.0 Å². The monoisotopic (exact) mass is 315 g/mol. The molecule has 0 spiro atoms. The summed E-state index contributed by atoms with van der Waals surface area (Å²) in [6.45, 7) is 8.19. The maximum atomic E-state index is 13.2. The molecule has 2 aliphatic carbocycles. The fraction of sp³-hybridized carbons (Fsp3) is 0.650. The largest absolute Gasteiger partial charge is 0.385 e.